The lowest BCUT2D eigenvalue weighted by Gasteiger charge is -2.37. The van der Waals surface area contributed by atoms with E-state index in [9.17, 15) is 4.79 Å². The number of nitrogens with zero attached hydrogens (tertiary/aromatic N) is 2. The van der Waals surface area contributed by atoms with Crippen molar-refractivity contribution in [3.05, 3.63) is 78.0 Å². The minimum atomic E-state index is -0.101. The molecular formula is C22H22N2O3. The molecule has 1 aliphatic rings. The van der Waals surface area contributed by atoms with Gasteiger partial charge in [-0.15, -0.1) is 0 Å². The number of hydrogen-bond acceptors (Lipinski definition) is 4. The molecule has 0 bridgehead atoms. The van der Waals surface area contributed by atoms with Gasteiger partial charge >= 0.3 is 0 Å². The summed E-state index contributed by atoms with van der Waals surface area (Å²) < 4.78 is 11.4. The molecular weight excluding hydrogens is 340 g/mol. The van der Waals surface area contributed by atoms with Crippen molar-refractivity contribution in [1.82, 2.24) is 10.1 Å². The van der Waals surface area contributed by atoms with E-state index in [2.05, 4.69) is 5.16 Å². The monoisotopic (exact) mass is 362 g/mol. The van der Waals surface area contributed by atoms with Gasteiger partial charge in [0, 0.05) is 18.2 Å². The number of amides is 1. The average Bonchev–Trinajstić information content (AvgIpc) is 3.17. The van der Waals surface area contributed by atoms with E-state index in [0.29, 0.717) is 24.5 Å². The summed E-state index contributed by atoms with van der Waals surface area (Å²) in [6, 6.07) is 21.6. The molecule has 4 rings (SSSR count). The van der Waals surface area contributed by atoms with Crippen LogP contribution in [0.5, 0.6) is 0 Å². The van der Waals surface area contributed by atoms with Crippen LogP contribution in [0.15, 0.2) is 71.3 Å². The minimum Gasteiger partial charge on any atom is -0.367 e. The van der Waals surface area contributed by atoms with E-state index < -0.39 is 0 Å². The van der Waals surface area contributed by atoms with Crippen LogP contribution in [0.25, 0.3) is 11.3 Å². The molecule has 1 saturated heterocycles. The van der Waals surface area contributed by atoms with Crippen LogP contribution in [0.2, 0.25) is 0 Å². The van der Waals surface area contributed by atoms with Gasteiger partial charge in [-0.05, 0) is 12.5 Å². The highest BCUT2D eigenvalue weighted by Gasteiger charge is 2.29. The fourth-order valence-electron chi connectivity index (χ4n) is 3.41. The number of carbonyl (C=O) groups excluding carboxylic acids is 1. The molecule has 0 unspecified atom stereocenters. The Morgan fingerprint density at radius 1 is 1.07 bits per heavy atom. The summed E-state index contributed by atoms with van der Waals surface area (Å²) in [5.74, 6) is 0.718. The van der Waals surface area contributed by atoms with Gasteiger partial charge in [-0.3, -0.25) is 4.79 Å². The molecule has 5 heteroatoms. The van der Waals surface area contributed by atoms with E-state index >= 15 is 0 Å². The second kappa shape index (κ2) is 7.76. The number of carbonyl (C=O) groups is 1. The molecule has 27 heavy (non-hydrogen) atoms. The van der Waals surface area contributed by atoms with E-state index in [0.717, 1.165) is 11.1 Å². The van der Waals surface area contributed by atoms with Gasteiger partial charge in [0.1, 0.15) is 6.10 Å². The molecule has 2 aromatic carbocycles. The quantitative estimate of drug-likeness (QED) is 0.707. The third kappa shape index (κ3) is 4.09. The van der Waals surface area contributed by atoms with Gasteiger partial charge in [-0.1, -0.05) is 65.8 Å². The standard InChI is InChI=1S/C22H22N2O3/c1-16-14-24(15-21(26-16)18-10-6-3-7-11-18)22(25)13-19-12-20(27-23-19)17-8-4-2-5-9-17/h2-12,16,21H,13-15H2,1H3/t16-,21+/m1/s1. The van der Waals surface area contributed by atoms with E-state index in [4.69, 9.17) is 9.26 Å². The Bertz CT molecular complexity index is 892. The lowest BCUT2D eigenvalue weighted by atomic mass is 10.1. The highest BCUT2D eigenvalue weighted by molar-refractivity contribution is 5.79. The van der Waals surface area contributed by atoms with Gasteiger partial charge in [0.25, 0.3) is 0 Å². The average molecular weight is 362 g/mol. The molecule has 5 nitrogen and oxygen atoms in total. The largest absolute Gasteiger partial charge is 0.367 e. The predicted molar refractivity (Wildman–Crippen MR) is 102 cm³/mol. The predicted octanol–water partition coefficient (Wildman–Crippen LogP) is 3.87. The molecule has 0 saturated carbocycles. The molecule has 3 aromatic rings. The third-order valence-electron chi connectivity index (χ3n) is 4.73. The first-order valence-electron chi connectivity index (χ1n) is 9.18. The molecule has 0 spiro atoms. The fraction of sp³-hybridized carbons (Fsp3) is 0.273. The molecule has 0 N–H and O–H groups in total. The number of ether oxygens (including phenoxy) is 1. The second-order valence-electron chi connectivity index (χ2n) is 6.87. The minimum absolute atomic E-state index is 0.00917. The number of aromatic nitrogens is 1. The zero-order valence-corrected chi connectivity index (χ0v) is 15.2. The van der Waals surface area contributed by atoms with Crippen LogP contribution in [-0.2, 0) is 16.0 Å². The summed E-state index contributed by atoms with van der Waals surface area (Å²) in [6.07, 6.45) is 0.117. The van der Waals surface area contributed by atoms with Crippen molar-refractivity contribution >= 4 is 5.91 Å². The summed E-state index contributed by atoms with van der Waals surface area (Å²) in [6.45, 7) is 3.14. The van der Waals surface area contributed by atoms with Gasteiger partial charge in [0.2, 0.25) is 5.91 Å². The molecule has 138 valence electrons. The van der Waals surface area contributed by atoms with Gasteiger partial charge in [-0.25, -0.2) is 0 Å². The van der Waals surface area contributed by atoms with E-state index in [-0.39, 0.29) is 24.5 Å². The Hall–Kier alpha value is -2.92. The first-order chi connectivity index (χ1) is 13.2. The lowest BCUT2D eigenvalue weighted by Crippen LogP contribution is -2.46. The smallest absolute Gasteiger partial charge is 0.228 e. The summed E-state index contributed by atoms with van der Waals surface area (Å²) in [5, 5.41) is 4.07. The van der Waals surface area contributed by atoms with Crippen molar-refractivity contribution in [3.8, 4) is 11.3 Å². The maximum Gasteiger partial charge on any atom is 0.228 e. The third-order valence-corrected chi connectivity index (χ3v) is 4.73. The van der Waals surface area contributed by atoms with Crippen LogP contribution >= 0.6 is 0 Å². The van der Waals surface area contributed by atoms with Crippen LogP contribution < -0.4 is 0 Å². The van der Waals surface area contributed by atoms with Gasteiger partial charge in [0.05, 0.1) is 24.8 Å². The molecule has 1 fully saturated rings. The second-order valence-corrected chi connectivity index (χ2v) is 6.87. The molecule has 1 amide bonds. The summed E-state index contributed by atoms with van der Waals surface area (Å²) in [5.41, 5.74) is 2.69. The highest BCUT2D eigenvalue weighted by Crippen LogP contribution is 2.26. The fourth-order valence-corrected chi connectivity index (χ4v) is 3.41. The SMILES string of the molecule is C[C@@H]1CN(C(=O)Cc2cc(-c3ccccc3)on2)C[C@@H](c2ccccc2)O1. The molecule has 0 radical (unpaired) electrons. The van der Waals surface area contributed by atoms with E-state index in [1.165, 1.54) is 0 Å². The summed E-state index contributed by atoms with van der Waals surface area (Å²) in [7, 11) is 0. The van der Waals surface area contributed by atoms with Crippen molar-refractivity contribution < 1.29 is 14.1 Å². The zero-order valence-electron chi connectivity index (χ0n) is 15.2. The van der Waals surface area contributed by atoms with Crippen molar-refractivity contribution in [3.63, 3.8) is 0 Å². The Kier molecular flexibility index (Phi) is 5.03. The number of benzene rings is 2. The lowest BCUT2D eigenvalue weighted by molar-refractivity contribution is -0.144. The first kappa shape index (κ1) is 17.5. The molecule has 2 atom stereocenters. The van der Waals surface area contributed by atoms with E-state index in [1.807, 2.05) is 78.6 Å². The number of morpholine rings is 1. The van der Waals surface area contributed by atoms with Crippen molar-refractivity contribution in [1.29, 1.82) is 0 Å². The zero-order chi connectivity index (χ0) is 18.6. The number of rotatable bonds is 4. The van der Waals surface area contributed by atoms with E-state index in [1.54, 1.807) is 0 Å². The molecule has 1 aliphatic heterocycles. The van der Waals surface area contributed by atoms with Crippen LogP contribution in [0.1, 0.15) is 24.3 Å². The Morgan fingerprint density at radius 3 is 2.52 bits per heavy atom. The Labute approximate surface area is 158 Å². The maximum atomic E-state index is 12.8. The molecule has 1 aromatic heterocycles. The first-order valence-corrected chi connectivity index (χ1v) is 9.18. The van der Waals surface area contributed by atoms with Crippen LogP contribution in [0.3, 0.4) is 0 Å². The van der Waals surface area contributed by atoms with Crippen molar-refractivity contribution in [2.75, 3.05) is 13.1 Å². The van der Waals surface area contributed by atoms with Gasteiger partial charge < -0.3 is 14.2 Å². The highest BCUT2D eigenvalue weighted by atomic mass is 16.5. The topological polar surface area (TPSA) is 55.6 Å². The van der Waals surface area contributed by atoms with Crippen LogP contribution in [0.4, 0.5) is 0 Å². The maximum absolute atomic E-state index is 12.8. The Morgan fingerprint density at radius 2 is 1.78 bits per heavy atom. The summed E-state index contributed by atoms with van der Waals surface area (Å²) in [4.78, 5) is 14.7. The Balaban J connectivity index is 1.44. The van der Waals surface area contributed by atoms with Crippen LogP contribution in [-0.4, -0.2) is 35.2 Å². The van der Waals surface area contributed by atoms with Gasteiger partial charge in [-0.2, -0.15) is 0 Å². The van der Waals surface area contributed by atoms with Crippen LogP contribution in [0, 0.1) is 0 Å². The molecule has 0 aliphatic carbocycles. The van der Waals surface area contributed by atoms with Crippen molar-refractivity contribution in [2.45, 2.75) is 25.6 Å². The molecule has 2 heterocycles. The number of hydrogen-bond donors (Lipinski definition) is 0. The van der Waals surface area contributed by atoms with Gasteiger partial charge in [0.15, 0.2) is 5.76 Å². The normalized spacial score (nSPS) is 19.8. The van der Waals surface area contributed by atoms with Crippen molar-refractivity contribution in [2.24, 2.45) is 0 Å². The summed E-state index contributed by atoms with van der Waals surface area (Å²) >= 11 is 0.